The van der Waals surface area contributed by atoms with Crippen LogP contribution in [0, 0.1) is 0 Å². The maximum absolute atomic E-state index is 6.76. The quantitative estimate of drug-likeness (QED) is 0.184. The summed E-state index contributed by atoms with van der Waals surface area (Å²) in [5, 5.41) is 4.49. The van der Waals surface area contributed by atoms with Crippen molar-refractivity contribution in [3.05, 3.63) is 158 Å². The van der Waals surface area contributed by atoms with E-state index in [9.17, 15) is 0 Å². The number of hydrogen-bond donors (Lipinski definition) is 0. The Morgan fingerprint density at radius 3 is 2.00 bits per heavy atom. The number of rotatable bonds is 5. The van der Waals surface area contributed by atoms with Crippen LogP contribution in [0.15, 0.2) is 162 Å². The summed E-state index contributed by atoms with van der Waals surface area (Å²) in [6.45, 7) is 0. The molecule has 0 fully saturated rings. The average molecular weight is 659 g/mol. The van der Waals surface area contributed by atoms with Gasteiger partial charge in [0, 0.05) is 71.2 Å². The minimum atomic E-state index is 0.586. The molecule has 0 saturated carbocycles. The number of nitrogens with zero attached hydrogens (tertiary/aromatic N) is 4. The molecular formula is C44H26N4OS. The molecule has 0 bridgehead atoms. The third-order valence-electron chi connectivity index (χ3n) is 9.24. The summed E-state index contributed by atoms with van der Waals surface area (Å²) in [6.07, 6.45) is 3.65. The maximum Gasteiger partial charge on any atom is 0.164 e. The zero-order chi connectivity index (χ0) is 33.0. The van der Waals surface area contributed by atoms with Crippen molar-refractivity contribution in [1.82, 2.24) is 19.9 Å². The maximum atomic E-state index is 6.76. The Hall–Kier alpha value is -6.50. The number of furan rings is 1. The van der Waals surface area contributed by atoms with Gasteiger partial charge in [0.05, 0.1) is 0 Å². The van der Waals surface area contributed by atoms with Gasteiger partial charge in [0.1, 0.15) is 11.2 Å². The molecule has 0 aliphatic rings. The highest BCUT2D eigenvalue weighted by molar-refractivity contribution is 7.25. The molecule has 6 heteroatoms. The minimum absolute atomic E-state index is 0.586. The number of aromatic nitrogens is 4. The zero-order valence-electron chi connectivity index (χ0n) is 26.6. The molecule has 6 aromatic carbocycles. The van der Waals surface area contributed by atoms with E-state index in [2.05, 4.69) is 89.9 Å². The molecule has 50 heavy (non-hydrogen) atoms. The van der Waals surface area contributed by atoms with Gasteiger partial charge in [0.2, 0.25) is 0 Å². The molecule has 4 heterocycles. The normalized spacial score (nSPS) is 11.6. The van der Waals surface area contributed by atoms with E-state index in [4.69, 9.17) is 19.4 Å². The Balaban J connectivity index is 1.23. The molecule has 0 spiro atoms. The zero-order valence-corrected chi connectivity index (χ0v) is 27.4. The predicted octanol–water partition coefficient (Wildman–Crippen LogP) is 11.9. The molecule has 0 aliphatic carbocycles. The first-order valence-corrected chi connectivity index (χ1v) is 17.3. The molecule has 0 amide bonds. The third kappa shape index (κ3) is 4.69. The lowest BCUT2D eigenvalue weighted by Gasteiger charge is -2.12. The van der Waals surface area contributed by atoms with Crippen LogP contribution in [0.25, 0.3) is 98.5 Å². The van der Waals surface area contributed by atoms with Gasteiger partial charge in [0.15, 0.2) is 17.5 Å². The number of hydrogen-bond acceptors (Lipinski definition) is 6. The smallest absolute Gasteiger partial charge is 0.164 e. The fraction of sp³-hybridized carbons (Fsp3) is 0. The van der Waals surface area contributed by atoms with Gasteiger partial charge >= 0.3 is 0 Å². The van der Waals surface area contributed by atoms with E-state index in [1.54, 1.807) is 6.20 Å². The lowest BCUT2D eigenvalue weighted by Crippen LogP contribution is -2.00. The van der Waals surface area contributed by atoms with E-state index < -0.39 is 0 Å². The number of fused-ring (bicyclic) bond motifs is 6. The summed E-state index contributed by atoms with van der Waals surface area (Å²) in [7, 11) is 0. The first-order valence-electron chi connectivity index (χ1n) is 16.5. The van der Waals surface area contributed by atoms with Crippen LogP contribution < -0.4 is 0 Å². The second kappa shape index (κ2) is 11.6. The Kier molecular flexibility index (Phi) is 6.60. The summed E-state index contributed by atoms with van der Waals surface area (Å²) in [6, 6.07) is 50.1. The topological polar surface area (TPSA) is 64.7 Å². The number of benzene rings is 6. The first-order chi connectivity index (χ1) is 24.8. The van der Waals surface area contributed by atoms with Crippen molar-refractivity contribution in [1.29, 1.82) is 0 Å². The highest BCUT2D eigenvalue weighted by Gasteiger charge is 2.22. The highest BCUT2D eigenvalue weighted by Crippen LogP contribution is 2.46. The number of thiophene rings is 1. The van der Waals surface area contributed by atoms with Crippen LogP contribution in [0.1, 0.15) is 0 Å². The molecule has 0 atom stereocenters. The van der Waals surface area contributed by atoms with Gasteiger partial charge in [-0.1, -0.05) is 103 Å². The second-order valence-electron chi connectivity index (χ2n) is 12.2. The molecule has 4 aromatic heterocycles. The van der Waals surface area contributed by atoms with E-state index in [0.717, 1.165) is 60.9 Å². The fourth-order valence-corrected chi connectivity index (χ4v) is 8.07. The van der Waals surface area contributed by atoms with Crippen LogP contribution in [0.2, 0.25) is 0 Å². The van der Waals surface area contributed by atoms with E-state index in [1.165, 1.54) is 20.2 Å². The van der Waals surface area contributed by atoms with Gasteiger partial charge in [-0.25, -0.2) is 15.0 Å². The highest BCUT2D eigenvalue weighted by atomic mass is 32.1. The SMILES string of the molecule is c1ccc(-c2nc(-c3cccc(-c4cccnc4)c3)nc(-c3ccc(-c4cccc5sc6ccccc6c45)c4oc5ccccc5c34)n2)cc1. The van der Waals surface area contributed by atoms with E-state index in [0.29, 0.717) is 17.5 Å². The molecular weight excluding hydrogens is 633 g/mol. The van der Waals surface area contributed by atoms with Crippen LogP contribution >= 0.6 is 11.3 Å². The minimum Gasteiger partial charge on any atom is -0.455 e. The fourth-order valence-electron chi connectivity index (χ4n) is 6.94. The lowest BCUT2D eigenvalue weighted by molar-refractivity contribution is 0.670. The monoisotopic (exact) mass is 658 g/mol. The molecule has 5 nitrogen and oxygen atoms in total. The van der Waals surface area contributed by atoms with Crippen molar-refractivity contribution >= 4 is 53.4 Å². The van der Waals surface area contributed by atoms with Crippen molar-refractivity contribution < 1.29 is 4.42 Å². The number of para-hydroxylation sites is 1. The summed E-state index contributed by atoms with van der Waals surface area (Å²) >= 11 is 1.82. The van der Waals surface area contributed by atoms with Crippen LogP contribution in [-0.2, 0) is 0 Å². The van der Waals surface area contributed by atoms with Crippen molar-refractivity contribution in [2.24, 2.45) is 0 Å². The van der Waals surface area contributed by atoms with Crippen molar-refractivity contribution in [3.8, 4) is 56.4 Å². The molecule has 0 N–H and O–H groups in total. The molecule has 234 valence electrons. The van der Waals surface area contributed by atoms with Gasteiger partial charge in [-0.15, -0.1) is 11.3 Å². The summed E-state index contributed by atoms with van der Waals surface area (Å²) < 4.78 is 9.28. The molecule has 10 aromatic rings. The lowest BCUT2D eigenvalue weighted by atomic mass is 9.95. The standard InChI is InChI=1S/C44H26N4OS/c1-2-11-27(12-3-1)42-46-43(29-14-8-13-28(25-29)30-15-10-24-45-26-30)48-44(47-42)35-23-22-32(41-40(35)33-16-4-6-19-36(33)49-41)31-18-9-21-38-39(31)34-17-5-7-20-37(34)50-38/h1-26H. The van der Waals surface area contributed by atoms with Crippen molar-refractivity contribution in [2.45, 2.75) is 0 Å². The Labute approximate surface area is 291 Å². The number of pyridine rings is 1. The Bertz CT molecular complexity index is 2880. The van der Waals surface area contributed by atoms with Gasteiger partial charge in [0.25, 0.3) is 0 Å². The van der Waals surface area contributed by atoms with Crippen molar-refractivity contribution in [3.63, 3.8) is 0 Å². The van der Waals surface area contributed by atoms with E-state index in [1.807, 2.05) is 78.2 Å². The summed E-state index contributed by atoms with van der Waals surface area (Å²) in [5.74, 6) is 1.79. The van der Waals surface area contributed by atoms with Gasteiger partial charge in [-0.05, 0) is 53.6 Å². The molecule has 10 rings (SSSR count). The Morgan fingerprint density at radius 1 is 0.440 bits per heavy atom. The molecule has 0 aliphatic heterocycles. The molecule has 0 unspecified atom stereocenters. The Morgan fingerprint density at radius 2 is 1.12 bits per heavy atom. The van der Waals surface area contributed by atoms with E-state index in [-0.39, 0.29) is 0 Å². The van der Waals surface area contributed by atoms with Gasteiger partial charge < -0.3 is 4.42 Å². The predicted molar refractivity (Wildman–Crippen MR) is 205 cm³/mol. The van der Waals surface area contributed by atoms with Crippen LogP contribution in [0.5, 0.6) is 0 Å². The van der Waals surface area contributed by atoms with Crippen LogP contribution in [0.4, 0.5) is 0 Å². The van der Waals surface area contributed by atoms with Gasteiger partial charge in [-0.3, -0.25) is 4.98 Å². The average Bonchev–Trinajstić information content (AvgIpc) is 3.77. The third-order valence-corrected chi connectivity index (χ3v) is 10.4. The summed E-state index contributed by atoms with van der Waals surface area (Å²) in [4.78, 5) is 19.7. The van der Waals surface area contributed by atoms with Crippen LogP contribution in [-0.4, -0.2) is 19.9 Å². The van der Waals surface area contributed by atoms with Crippen molar-refractivity contribution in [2.75, 3.05) is 0 Å². The first kappa shape index (κ1) is 28.5. The van der Waals surface area contributed by atoms with Crippen LogP contribution in [0.3, 0.4) is 0 Å². The molecule has 0 saturated heterocycles. The van der Waals surface area contributed by atoms with E-state index >= 15 is 0 Å². The molecule has 0 radical (unpaired) electrons. The summed E-state index contributed by atoms with van der Waals surface area (Å²) in [5.41, 5.74) is 8.59. The second-order valence-corrected chi connectivity index (χ2v) is 13.3. The van der Waals surface area contributed by atoms with Gasteiger partial charge in [-0.2, -0.15) is 0 Å². The largest absolute Gasteiger partial charge is 0.455 e.